The maximum Gasteiger partial charge on any atom is 0.0451 e. The second-order valence-electron chi connectivity index (χ2n) is 3.41. The van der Waals surface area contributed by atoms with Crippen LogP contribution in [0.2, 0.25) is 0 Å². The highest BCUT2D eigenvalue weighted by atomic mass is 14.7. The zero-order valence-electron chi connectivity index (χ0n) is 9.44. The predicted molar refractivity (Wildman–Crippen MR) is 62.7 cm³/mol. The van der Waals surface area contributed by atoms with E-state index in [1.165, 1.54) is 16.7 Å². The summed E-state index contributed by atoms with van der Waals surface area (Å²) in [5.74, 6) is 0. The van der Waals surface area contributed by atoms with Gasteiger partial charge in [-0.1, -0.05) is 18.2 Å². The smallest absolute Gasteiger partial charge is 0.0451 e. The molecule has 78 valence electrons. The van der Waals surface area contributed by atoms with Crippen LogP contribution in [0, 0.1) is 20.8 Å². The highest BCUT2D eigenvalue weighted by Crippen LogP contribution is 2.09. The lowest BCUT2D eigenvalue weighted by atomic mass is 10.1. The van der Waals surface area contributed by atoms with Gasteiger partial charge in [0.15, 0.2) is 0 Å². The minimum Gasteiger partial charge on any atom is -0.262 e. The van der Waals surface area contributed by atoms with Gasteiger partial charge in [0.2, 0.25) is 0 Å². The Kier molecular flexibility index (Phi) is 4.48. The minimum atomic E-state index is 1.38. The van der Waals surface area contributed by atoms with Crippen LogP contribution in [-0.4, -0.2) is 9.97 Å². The second kappa shape index (κ2) is 5.91. The van der Waals surface area contributed by atoms with E-state index in [2.05, 4.69) is 48.9 Å². The van der Waals surface area contributed by atoms with Crippen molar-refractivity contribution in [3.63, 3.8) is 0 Å². The molecule has 2 aromatic rings. The number of hydrogen-bond donors (Lipinski definition) is 0. The van der Waals surface area contributed by atoms with Crippen LogP contribution in [0.4, 0.5) is 0 Å². The molecule has 0 bridgehead atoms. The SMILES string of the molecule is Cc1cccc(C)c1C.c1cnccn1. The van der Waals surface area contributed by atoms with Crippen molar-refractivity contribution in [3.8, 4) is 0 Å². The Labute approximate surface area is 91.0 Å². The molecule has 0 saturated heterocycles. The molecule has 0 fully saturated rings. The molecule has 15 heavy (non-hydrogen) atoms. The standard InChI is InChI=1S/C9H12.C4H4N2/c1-7-5-4-6-8(2)9(7)3;1-2-6-4-3-5-1/h4-6H,1-3H3;1-4H. The van der Waals surface area contributed by atoms with Crippen molar-refractivity contribution in [2.75, 3.05) is 0 Å². The van der Waals surface area contributed by atoms with Gasteiger partial charge in [0.25, 0.3) is 0 Å². The molecular weight excluding hydrogens is 184 g/mol. The van der Waals surface area contributed by atoms with Crippen LogP contribution in [0.1, 0.15) is 16.7 Å². The van der Waals surface area contributed by atoms with E-state index in [-0.39, 0.29) is 0 Å². The third-order valence-electron chi connectivity index (χ3n) is 2.35. The van der Waals surface area contributed by atoms with Gasteiger partial charge in [-0.2, -0.15) is 0 Å². The summed E-state index contributed by atoms with van der Waals surface area (Å²) in [6.45, 7) is 6.44. The fourth-order valence-corrected chi connectivity index (χ4v) is 1.15. The largest absolute Gasteiger partial charge is 0.262 e. The third-order valence-corrected chi connectivity index (χ3v) is 2.35. The van der Waals surface area contributed by atoms with Crippen molar-refractivity contribution in [1.82, 2.24) is 9.97 Å². The third kappa shape index (κ3) is 3.90. The van der Waals surface area contributed by atoms with Gasteiger partial charge in [0.1, 0.15) is 0 Å². The molecule has 0 radical (unpaired) electrons. The monoisotopic (exact) mass is 200 g/mol. The average molecular weight is 200 g/mol. The van der Waals surface area contributed by atoms with E-state index in [0.717, 1.165) is 0 Å². The van der Waals surface area contributed by atoms with Gasteiger partial charge in [0.05, 0.1) is 0 Å². The summed E-state index contributed by atoms with van der Waals surface area (Å²) in [6, 6.07) is 6.38. The summed E-state index contributed by atoms with van der Waals surface area (Å²) in [5.41, 5.74) is 4.18. The molecule has 0 aliphatic carbocycles. The van der Waals surface area contributed by atoms with Crippen LogP contribution in [0.5, 0.6) is 0 Å². The molecule has 2 nitrogen and oxygen atoms in total. The van der Waals surface area contributed by atoms with Crippen molar-refractivity contribution in [2.45, 2.75) is 20.8 Å². The number of benzene rings is 1. The molecule has 0 aliphatic heterocycles. The Hall–Kier alpha value is -1.70. The Morgan fingerprint density at radius 3 is 1.40 bits per heavy atom. The van der Waals surface area contributed by atoms with Gasteiger partial charge in [-0.05, 0) is 37.5 Å². The molecule has 1 aromatic carbocycles. The Morgan fingerprint density at radius 1 is 0.733 bits per heavy atom. The topological polar surface area (TPSA) is 25.8 Å². The highest BCUT2D eigenvalue weighted by Gasteiger charge is 1.91. The second-order valence-corrected chi connectivity index (χ2v) is 3.41. The van der Waals surface area contributed by atoms with Crippen molar-refractivity contribution in [2.24, 2.45) is 0 Å². The summed E-state index contributed by atoms with van der Waals surface area (Å²) >= 11 is 0. The van der Waals surface area contributed by atoms with Gasteiger partial charge in [0, 0.05) is 24.8 Å². The predicted octanol–water partition coefficient (Wildman–Crippen LogP) is 3.09. The van der Waals surface area contributed by atoms with Crippen molar-refractivity contribution >= 4 is 0 Å². The molecule has 1 heterocycles. The van der Waals surface area contributed by atoms with Crippen LogP contribution in [0.15, 0.2) is 43.0 Å². The molecule has 0 saturated carbocycles. The average Bonchev–Trinajstić information content (AvgIpc) is 2.29. The summed E-state index contributed by atoms with van der Waals surface area (Å²) in [5, 5.41) is 0. The van der Waals surface area contributed by atoms with E-state index in [0.29, 0.717) is 0 Å². The van der Waals surface area contributed by atoms with Gasteiger partial charge < -0.3 is 0 Å². The van der Waals surface area contributed by atoms with Crippen molar-refractivity contribution in [3.05, 3.63) is 59.7 Å². The van der Waals surface area contributed by atoms with Gasteiger partial charge in [-0.15, -0.1) is 0 Å². The molecule has 2 heteroatoms. The quantitative estimate of drug-likeness (QED) is 0.653. The van der Waals surface area contributed by atoms with Gasteiger partial charge >= 0.3 is 0 Å². The number of hydrogen-bond acceptors (Lipinski definition) is 2. The molecule has 0 atom stereocenters. The first kappa shape index (κ1) is 11.4. The summed E-state index contributed by atoms with van der Waals surface area (Å²) < 4.78 is 0. The van der Waals surface area contributed by atoms with Crippen LogP contribution in [-0.2, 0) is 0 Å². The number of aromatic nitrogens is 2. The van der Waals surface area contributed by atoms with Crippen molar-refractivity contribution in [1.29, 1.82) is 0 Å². The number of aryl methyl sites for hydroxylation is 2. The molecule has 1 aromatic heterocycles. The summed E-state index contributed by atoms with van der Waals surface area (Å²) in [4.78, 5) is 7.44. The highest BCUT2D eigenvalue weighted by molar-refractivity contribution is 5.31. The normalized spacial score (nSPS) is 9.00. The van der Waals surface area contributed by atoms with Crippen molar-refractivity contribution < 1.29 is 0 Å². The minimum absolute atomic E-state index is 1.38. The van der Waals surface area contributed by atoms with Crippen LogP contribution in [0.3, 0.4) is 0 Å². The first-order valence-electron chi connectivity index (χ1n) is 4.94. The number of nitrogens with zero attached hydrogens (tertiary/aromatic N) is 2. The van der Waals surface area contributed by atoms with E-state index in [1.807, 2.05) is 0 Å². The van der Waals surface area contributed by atoms with Crippen LogP contribution < -0.4 is 0 Å². The number of rotatable bonds is 0. The molecular formula is C13H16N2. The van der Waals surface area contributed by atoms with Gasteiger partial charge in [-0.3, -0.25) is 9.97 Å². The van der Waals surface area contributed by atoms with E-state index in [1.54, 1.807) is 24.8 Å². The summed E-state index contributed by atoms with van der Waals surface area (Å²) in [6.07, 6.45) is 6.56. The molecule has 0 spiro atoms. The van der Waals surface area contributed by atoms with E-state index >= 15 is 0 Å². The fraction of sp³-hybridized carbons (Fsp3) is 0.231. The Morgan fingerprint density at radius 2 is 1.13 bits per heavy atom. The van der Waals surface area contributed by atoms with Gasteiger partial charge in [-0.25, -0.2) is 0 Å². The fourth-order valence-electron chi connectivity index (χ4n) is 1.15. The maximum atomic E-state index is 3.72. The summed E-state index contributed by atoms with van der Waals surface area (Å²) in [7, 11) is 0. The van der Waals surface area contributed by atoms with E-state index in [9.17, 15) is 0 Å². The maximum absolute atomic E-state index is 3.72. The first-order valence-corrected chi connectivity index (χ1v) is 4.94. The molecule has 0 amide bonds. The molecule has 0 unspecified atom stereocenters. The van der Waals surface area contributed by atoms with Crippen LogP contribution in [0.25, 0.3) is 0 Å². The van der Waals surface area contributed by atoms with E-state index < -0.39 is 0 Å². The van der Waals surface area contributed by atoms with Crippen LogP contribution >= 0.6 is 0 Å². The molecule has 0 N–H and O–H groups in total. The zero-order valence-corrected chi connectivity index (χ0v) is 9.44. The first-order chi connectivity index (χ1) is 7.22. The lowest BCUT2D eigenvalue weighted by Gasteiger charge is -2.00. The molecule has 0 aliphatic rings. The van der Waals surface area contributed by atoms with E-state index in [4.69, 9.17) is 0 Å². The lowest BCUT2D eigenvalue weighted by molar-refractivity contribution is 1.20. The lowest BCUT2D eigenvalue weighted by Crippen LogP contribution is -1.82. The molecule has 2 rings (SSSR count). The Balaban J connectivity index is 0.000000162. The Bertz CT molecular complexity index is 350. The zero-order chi connectivity index (χ0) is 11.1.